The molecular formula is C16H16FNO2S. The van der Waals surface area contributed by atoms with E-state index in [0.29, 0.717) is 0 Å². The monoisotopic (exact) mass is 305 g/mol. The van der Waals surface area contributed by atoms with Gasteiger partial charge in [-0.1, -0.05) is 12.1 Å². The van der Waals surface area contributed by atoms with E-state index in [0.717, 1.165) is 16.5 Å². The minimum Gasteiger partial charge on any atom is -0.478 e. The standard InChI is InChI=1S/C16H16FNO2S/c1-10(11-3-6-13(21-2)7-4-11)18-15-9-12(16(19)20)5-8-14(15)17/h3-10,18H,1-2H3,(H,19,20). The minimum atomic E-state index is -1.07. The molecule has 0 saturated heterocycles. The highest BCUT2D eigenvalue weighted by Gasteiger charge is 2.11. The first kappa shape index (κ1) is 15.4. The maximum Gasteiger partial charge on any atom is 0.335 e. The maximum atomic E-state index is 13.8. The molecule has 0 heterocycles. The lowest BCUT2D eigenvalue weighted by Crippen LogP contribution is -2.09. The van der Waals surface area contributed by atoms with Gasteiger partial charge in [0, 0.05) is 10.9 Å². The average Bonchev–Trinajstić information content (AvgIpc) is 2.49. The van der Waals surface area contributed by atoms with E-state index in [1.807, 2.05) is 37.4 Å². The van der Waals surface area contributed by atoms with Crippen molar-refractivity contribution in [1.29, 1.82) is 0 Å². The summed E-state index contributed by atoms with van der Waals surface area (Å²) in [5.41, 5.74) is 1.26. The summed E-state index contributed by atoms with van der Waals surface area (Å²) in [5, 5.41) is 12.0. The van der Waals surface area contributed by atoms with Crippen LogP contribution in [0, 0.1) is 5.82 Å². The van der Waals surface area contributed by atoms with Crippen LogP contribution in [0.25, 0.3) is 0 Å². The molecule has 0 fully saturated rings. The lowest BCUT2D eigenvalue weighted by atomic mass is 10.1. The molecular weight excluding hydrogens is 289 g/mol. The fourth-order valence-corrected chi connectivity index (χ4v) is 2.39. The van der Waals surface area contributed by atoms with Gasteiger partial charge in [-0.05, 0) is 49.1 Å². The molecule has 0 saturated carbocycles. The molecule has 2 rings (SSSR count). The van der Waals surface area contributed by atoms with E-state index in [1.54, 1.807) is 11.8 Å². The molecule has 2 aromatic carbocycles. The van der Waals surface area contributed by atoms with E-state index < -0.39 is 11.8 Å². The van der Waals surface area contributed by atoms with Crippen LogP contribution in [-0.4, -0.2) is 17.3 Å². The predicted molar refractivity (Wildman–Crippen MR) is 83.6 cm³/mol. The van der Waals surface area contributed by atoms with E-state index >= 15 is 0 Å². The van der Waals surface area contributed by atoms with Crippen molar-refractivity contribution in [2.75, 3.05) is 11.6 Å². The number of benzene rings is 2. The number of hydrogen-bond acceptors (Lipinski definition) is 3. The molecule has 3 nitrogen and oxygen atoms in total. The number of aromatic carboxylic acids is 1. The molecule has 5 heteroatoms. The zero-order valence-electron chi connectivity index (χ0n) is 11.8. The van der Waals surface area contributed by atoms with Crippen molar-refractivity contribution in [1.82, 2.24) is 0 Å². The maximum absolute atomic E-state index is 13.8. The van der Waals surface area contributed by atoms with Crippen LogP contribution in [-0.2, 0) is 0 Å². The second-order valence-electron chi connectivity index (χ2n) is 4.64. The summed E-state index contributed by atoms with van der Waals surface area (Å²) in [5.74, 6) is -1.54. The van der Waals surface area contributed by atoms with Gasteiger partial charge in [0.2, 0.25) is 0 Å². The Labute approximate surface area is 127 Å². The van der Waals surface area contributed by atoms with E-state index in [-0.39, 0.29) is 17.3 Å². The van der Waals surface area contributed by atoms with Gasteiger partial charge >= 0.3 is 5.97 Å². The number of thioether (sulfide) groups is 1. The Morgan fingerprint density at radius 2 is 1.90 bits per heavy atom. The molecule has 21 heavy (non-hydrogen) atoms. The van der Waals surface area contributed by atoms with Gasteiger partial charge in [-0.2, -0.15) is 0 Å². The van der Waals surface area contributed by atoms with Gasteiger partial charge in [0.05, 0.1) is 11.3 Å². The zero-order chi connectivity index (χ0) is 15.4. The number of carboxylic acid groups (broad SMARTS) is 1. The molecule has 0 amide bonds. The molecule has 1 atom stereocenters. The van der Waals surface area contributed by atoms with Gasteiger partial charge in [-0.15, -0.1) is 11.8 Å². The minimum absolute atomic E-state index is 0.0591. The number of nitrogens with one attached hydrogen (secondary N) is 1. The first-order valence-electron chi connectivity index (χ1n) is 6.44. The molecule has 0 spiro atoms. The van der Waals surface area contributed by atoms with Crippen molar-refractivity contribution < 1.29 is 14.3 Å². The zero-order valence-corrected chi connectivity index (χ0v) is 12.6. The molecule has 2 N–H and O–H groups in total. The number of carbonyl (C=O) groups is 1. The highest BCUT2D eigenvalue weighted by Crippen LogP contribution is 2.24. The van der Waals surface area contributed by atoms with Crippen molar-refractivity contribution >= 4 is 23.4 Å². The average molecular weight is 305 g/mol. The summed E-state index contributed by atoms with van der Waals surface area (Å²) in [6.07, 6.45) is 2.00. The third-order valence-corrected chi connectivity index (χ3v) is 3.94. The lowest BCUT2D eigenvalue weighted by Gasteiger charge is -2.17. The van der Waals surface area contributed by atoms with Crippen LogP contribution in [0.15, 0.2) is 47.4 Å². The van der Waals surface area contributed by atoms with E-state index in [1.165, 1.54) is 12.1 Å². The molecule has 1 unspecified atom stereocenters. The highest BCUT2D eigenvalue weighted by atomic mass is 32.2. The number of rotatable bonds is 5. The molecule has 110 valence electrons. The van der Waals surface area contributed by atoms with Crippen molar-refractivity contribution in [3.8, 4) is 0 Å². The fourth-order valence-electron chi connectivity index (χ4n) is 1.98. The van der Waals surface area contributed by atoms with Crippen molar-refractivity contribution in [3.05, 3.63) is 59.4 Å². The summed E-state index contributed by atoms with van der Waals surface area (Å²) in [6, 6.07) is 11.6. The summed E-state index contributed by atoms with van der Waals surface area (Å²) >= 11 is 1.66. The summed E-state index contributed by atoms with van der Waals surface area (Å²) in [4.78, 5) is 12.1. The van der Waals surface area contributed by atoms with Gasteiger partial charge in [-0.25, -0.2) is 9.18 Å². The number of halogens is 1. The van der Waals surface area contributed by atoms with Crippen LogP contribution in [0.3, 0.4) is 0 Å². The molecule has 0 aliphatic heterocycles. The Bertz CT molecular complexity index is 643. The van der Waals surface area contributed by atoms with Crippen LogP contribution in [0.4, 0.5) is 10.1 Å². The molecule has 2 aromatic rings. The largest absolute Gasteiger partial charge is 0.478 e. The van der Waals surface area contributed by atoms with Gasteiger partial charge in [0.25, 0.3) is 0 Å². The predicted octanol–water partition coefficient (Wildman–Crippen LogP) is 4.42. The third kappa shape index (κ3) is 3.76. The van der Waals surface area contributed by atoms with Crippen LogP contribution >= 0.6 is 11.8 Å². The SMILES string of the molecule is CSc1ccc(C(C)Nc2cc(C(=O)O)ccc2F)cc1. The van der Waals surface area contributed by atoms with E-state index in [9.17, 15) is 9.18 Å². The van der Waals surface area contributed by atoms with Gasteiger partial charge in [0.1, 0.15) is 5.82 Å². The van der Waals surface area contributed by atoms with Gasteiger partial charge in [-0.3, -0.25) is 0 Å². The second-order valence-corrected chi connectivity index (χ2v) is 5.52. The number of hydrogen-bond donors (Lipinski definition) is 2. The van der Waals surface area contributed by atoms with Gasteiger partial charge in [0.15, 0.2) is 0 Å². The smallest absolute Gasteiger partial charge is 0.335 e. The topological polar surface area (TPSA) is 49.3 Å². The van der Waals surface area contributed by atoms with E-state index in [4.69, 9.17) is 5.11 Å². The molecule has 0 radical (unpaired) electrons. The Morgan fingerprint density at radius 1 is 1.24 bits per heavy atom. The van der Waals surface area contributed by atoms with Crippen LogP contribution in [0.2, 0.25) is 0 Å². The quantitative estimate of drug-likeness (QED) is 0.803. The molecule has 0 bridgehead atoms. The fraction of sp³-hybridized carbons (Fsp3) is 0.188. The normalized spacial score (nSPS) is 12.0. The number of carboxylic acids is 1. The summed E-state index contributed by atoms with van der Waals surface area (Å²) < 4.78 is 13.8. The first-order valence-corrected chi connectivity index (χ1v) is 7.67. The van der Waals surface area contributed by atoms with Crippen molar-refractivity contribution in [2.45, 2.75) is 17.9 Å². The molecule has 0 aromatic heterocycles. The van der Waals surface area contributed by atoms with Gasteiger partial charge < -0.3 is 10.4 Å². The lowest BCUT2D eigenvalue weighted by molar-refractivity contribution is 0.0697. The van der Waals surface area contributed by atoms with Crippen LogP contribution in [0.5, 0.6) is 0 Å². The van der Waals surface area contributed by atoms with E-state index in [2.05, 4.69) is 5.32 Å². The summed E-state index contributed by atoms with van der Waals surface area (Å²) in [6.45, 7) is 1.90. The Kier molecular flexibility index (Phi) is 4.85. The Balaban J connectivity index is 2.19. The van der Waals surface area contributed by atoms with Crippen LogP contribution in [0.1, 0.15) is 28.9 Å². The van der Waals surface area contributed by atoms with Crippen molar-refractivity contribution in [2.24, 2.45) is 0 Å². The molecule has 0 aliphatic rings. The summed E-state index contributed by atoms with van der Waals surface area (Å²) in [7, 11) is 0. The Morgan fingerprint density at radius 3 is 2.48 bits per heavy atom. The highest BCUT2D eigenvalue weighted by molar-refractivity contribution is 7.98. The third-order valence-electron chi connectivity index (χ3n) is 3.20. The van der Waals surface area contributed by atoms with Crippen LogP contribution < -0.4 is 5.32 Å². The van der Waals surface area contributed by atoms with Crippen molar-refractivity contribution in [3.63, 3.8) is 0 Å². The first-order chi connectivity index (χ1) is 10.0. The second kappa shape index (κ2) is 6.63. The number of anilines is 1. The molecule has 0 aliphatic carbocycles. The Hall–Kier alpha value is -2.01.